The van der Waals surface area contributed by atoms with Gasteiger partial charge in [0.2, 0.25) is 0 Å². The smallest absolute Gasteiger partial charge is 0.321 e. The highest BCUT2D eigenvalue weighted by atomic mass is 32.2. The Morgan fingerprint density at radius 3 is 2.25 bits per heavy atom. The van der Waals surface area contributed by atoms with Crippen LogP contribution in [0.5, 0.6) is 0 Å². The van der Waals surface area contributed by atoms with Crippen molar-refractivity contribution in [3.05, 3.63) is 59.7 Å². The second kappa shape index (κ2) is 9.05. The van der Waals surface area contributed by atoms with E-state index in [0.717, 1.165) is 11.3 Å². The van der Waals surface area contributed by atoms with Gasteiger partial charge in [-0.25, -0.2) is 4.79 Å². The zero-order valence-electron chi connectivity index (χ0n) is 15.4. The summed E-state index contributed by atoms with van der Waals surface area (Å²) in [4.78, 5) is 28.8. The van der Waals surface area contributed by atoms with Crippen molar-refractivity contribution in [3.8, 4) is 0 Å². The summed E-state index contributed by atoms with van der Waals surface area (Å²) >= 11 is 0.450. The molecule has 1 heterocycles. The fourth-order valence-corrected chi connectivity index (χ4v) is 3.50. The van der Waals surface area contributed by atoms with Gasteiger partial charge >= 0.3 is 6.03 Å². The van der Waals surface area contributed by atoms with Crippen LogP contribution in [-0.4, -0.2) is 53.7 Å². The molecule has 28 heavy (non-hydrogen) atoms. The first-order valence-electron chi connectivity index (χ1n) is 8.89. The Morgan fingerprint density at radius 2 is 1.64 bits per heavy atom. The van der Waals surface area contributed by atoms with E-state index in [4.69, 9.17) is 0 Å². The van der Waals surface area contributed by atoms with Crippen LogP contribution in [0.25, 0.3) is 0 Å². The average molecular weight is 405 g/mol. The van der Waals surface area contributed by atoms with Crippen LogP contribution >= 0.6 is 11.8 Å². The van der Waals surface area contributed by atoms with Gasteiger partial charge in [0.1, 0.15) is 0 Å². The molecule has 0 atom stereocenters. The van der Waals surface area contributed by atoms with Gasteiger partial charge in [-0.2, -0.15) is 8.78 Å². The van der Waals surface area contributed by atoms with Crippen molar-refractivity contribution in [1.29, 1.82) is 0 Å². The maximum absolute atomic E-state index is 12.6. The van der Waals surface area contributed by atoms with Crippen molar-refractivity contribution in [2.45, 2.75) is 17.6 Å². The number of carbonyl (C=O) groups excluding carboxylic acids is 2. The topological polar surface area (TPSA) is 52.7 Å². The lowest BCUT2D eigenvalue weighted by molar-refractivity contribution is 0.0671. The summed E-state index contributed by atoms with van der Waals surface area (Å²) in [6.07, 6.45) is 0. The van der Waals surface area contributed by atoms with Crippen LogP contribution in [0, 0.1) is 6.92 Å². The lowest BCUT2D eigenvalue weighted by atomic mass is 10.2. The van der Waals surface area contributed by atoms with Crippen LogP contribution < -0.4 is 5.32 Å². The van der Waals surface area contributed by atoms with Gasteiger partial charge in [-0.1, -0.05) is 23.9 Å². The van der Waals surface area contributed by atoms with Gasteiger partial charge in [0.05, 0.1) is 0 Å². The number of amides is 3. The SMILES string of the molecule is Cc1cccc(NC(=O)N2CCN(C(=O)c3ccc(SC(F)F)cc3)CC2)c1. The summed E-state index contributed by atoms with van der Waals surface area (Å²) in [5, 5.41) is 2.87. The van der Waals surface area contributed by atoms with Gasteiger partial charge in [-0.05, 0) is 48.9 Å². The summed E-state index contributed by atoms with van der Waals surface area (Å²) in [7, 11) is 0. The number of urea groups is 1. The Balaban J connectivity index is 1.53. The van der Waals surface area contributed by atoms with E-state index < -0.39 is 5.76 Å². The molecule has 0 saturated carbocycles. The van der Waals surface area contributed by atoms with Crippen LogP contribution in [0.4, 0.5) is 19.3 Å². The number of nitrogens with one attached hydrogen (secondary N) is 1. The predicted molar refractivity (Wildman–Crippen MR) is 106 cm³/mol. The first-order chi connectivity index (χ1) is 13.4. The van der Waals surface area contributed by atoms with E-state index in [2.05, 4.69) is 5.32 Å². The van der Waals surface area contributed by atoms with E-state index in [1.807, 2.05) is 31.2 Å². The summed E-state index contributed by atoms with van der Waals surface area (Å²) in [6, 6.07) is 13.5. The van der Waals surface area contributed by atoms with E-state index in [9.17, 15) is 18.4 Å². The minimum atomic E-state index is -2.49. The molecular formula is C20H21F2N3O2S. The monoisotopic (exact) mass is 405 g/mol. The Kier molecular flexibility index (Phi) is 6.51. The fraction of sp³-hybridized carbons (Fsp3) is 0.300. The highest BCUT2D eigenvalue weighted by Gasteiger charge is 2.25. The van der Waals surface area contributed by atoms with E-state index in [-0.39, 0.29) is 11.9 Å². The number of anilines is 1. The zero-order valence-corrected chi connectivity index (χ0v) is 16.2. The number of hydrogen-bond acceptors (Lipinski definition) is 3. The van der Waals surface area contributed by atoms with Crippen LogP contribution in [0.2, 0.25) is 0 Å². The van der Waals surface area contributed by atoms with Crippen molar-refractivity contribution in [2.75, 3.05) is 31.5 Å². The number of benzene rings is 2. The third kappa shape index (κ3) is 5.22. The van der Waals surface area contributed by atoms with Crippen molar-refractivity contribution in [3.63, 3.8) is 0 Å². The number of halogens is 2. The number of nitrogens with zero attached hydrogens (tertiary/aromatic N) is 2. The number of thioether (sulfide) groups is 1. The molecule has 0 radical (unpaired) electrons. The van der Waals surface area contributed by atoms with Gasteiger partial charge in [-0.15, -0.1) is 0 Å². The molecule has 0 aliphatic carbocycles. The minimum absolute atomic E-state index is 0.160. The number of hydrogen-bond donors (Lipinski definition) is 1. The molecule has 0 unspecified atom stereocenters. The molecule has 3 amide bonds. The highest BCUT2D eigenvalue weighted by Crippen LogP contribution is 2.25. The first-order valence-corrected chi connectivity index (χ1v) is 9.77. The molecule has 3 rings (SSSR count). The largest absolute Gasteiger partial charge is 0.335 e. The molecule has 0 bridgehead atoms. The first kappa shape index (κ1) is 20.1. The van der Waals surface area contributed by atoms with Crippen LogP contribution in [0.3, 0.4) is 0 Å². The van der Waals surface area contributed by atoms with Gasteiger partial charge in [0, 0.05) is 42.3 Å². The average Bonchev–Trinajstić information content (AvgIpc) is 2.68. The Labute approximate surface area is 166 Å². The minimum Gasteiger partial charge on any atom is -0.335 e. The van der Waals surface area contributed by atoms with Gasteiger partial charge in [0.25, 0.3) is 11.7 Å². The molecule has 0 aromatic heterocycles. The van der Waals surface area contributed by atoms with Crippen molar-refractivity contribution in [1.82, 2.24) is 9.80 Å². The zero-order chi connectivity index (χ0) is 20.1. The van der Waals surface area contributed by atoms with Gasteiger partial charge in [-0.3, -0.25) is 4.79 Å². The van der Waals surface area contributed by atoms with Crippen molar-refractivity contribution < 1.29 is 18.4 Å². The molecule has 2 aromatic carbocycles. The number of aryl methyl sites for hydroxylation is 1. The second-order valence-corrected chi connectivity index (χ2v) is 7.55. The van der Waals surface area contributed by atoms with Gasteiger partial charge in [0.15, 0.2) is 0 Å². The van der Waals surface area contributed by atoms with E-state index in [1.54, 1.807) is 21.9 Å². The molecule has 2 aromatic rings. The fourth-order valence-electron chi connectivity index (χ4n) is 3.00. The molecule has 148 valence electrons. The summed E-state index contributed by atoms with van der Waals surface area (Å²) in [5.41, 5.74) is 2.26. The molecular weight excluding hydrogens is 384 g/mol. The Hall–Kier alpha value is -2.61. The number of alkyl halides is 2. The predicted octanol–water partition coefficient (Wildman–Crippen LogP) is 4.30. The molecule has 0 spiro atoms. The molecule has 1 fully saturated rings. The van der Waals surface area contributed by atoms with Crippen LogP contribution in [-0.2, 0) is 0 Å². The summed E-state index contributed by atoms with van der Waals surface area (Å²) < 4.78 is 24.8. The molecule has 1 N–H and O–H groups in total. The number of carbonyl (C=O) groups is 2. The van der Waals surface area contributed by atoms with Crippen molar-refractivity contribution in [2.24, 2.45) is 0 Å². The third-order valence-corrected chi connectivity index (χ3v) is 5.17. The summed E-state index contributed by atoms with van der Waals surface area (Å²) in [6.45, 7) is 3.67. The molecule has 1 saturated heterocycles. The lowest BCUT2D eigenvalue weighted by Crippen LogP contribution is -2.51. The van der Waals surface area contributed by atoms with E-state index >= 15 is 0 Å². The Bertz CT molecular complexity index is 838. The van der Waals surface area contributed by atoms with E-state index in [1.165, 1.54) is 12.1 Å². The number of piperazine rings is 1. The standard InChI is InChI=1S/C20H21F2N3O2S/c1-14-3-2-4-16(13-14)23-20(27)25-11-9-24(10-12-25)18(26)15-5-7-17(8-6-15)28-19(21)22/h2-8,13,19H,9-12H2,1H3,(H,23,27). The molecule has 5 nitrogen and oxygen atoms in total. The van der Waals surface area contributed by atoms with E-state index in [0.29, 0.717) is 48.4 Å². The Morgan fingerprint density at radius 1 is 1.00 bits per heavy atom. The maximum atomic E-state index is 12.6. The maximum Gasteiger partial charge on any atom is 0.321 e. The molecule has 1 aliphatic heterocycles. The quantitative estimate of drug-likeness (QED) is 0.772. The van der Waals surface area contributed by atoms with Gasteiger partial charge < -0.3 is 15.1 Å². The molecule has 1 aliphatic rings. The molecule has 8 heteroatoms. The van der Waals surface area contributed by atoms with Crippen LogP contribution in [0.1, 0.15) is 15.9 Å². The third-order valence-electron chi connectivity index (χ3n) is 4.45. The van der Waals surface area contributed by atoms with Crippen molar-refractivity contribution >= 4 is 29.4 Å². The highest BCUT2D eigenvalue weighted by molar-refractivity contribution is 7.99. The normalized spacial score (nSPS) is 14.3. The lowest BCUT2D eigenvalue weighted by Gasteiger charge is -2.34. The second-order valence-electron chi connectivity index (χ2n) is 6.48. The number of rotatable bonds is 4. The van der Waals surface area contributed by atoms with Crippen LogP contribution in [0.15, 0.2) is 53.4 Å². The summed E-state index contributed by atoms with van der Waals surface area (Å²) in [5.74, 6) is -2.65.